The zero-order valence-electron chi connectivity index (χ0n) is 19.2. The lowest BCUT2D eigenvalue weighted by Crippen LogP contribution is -2.06. The number of phenolic OH excluding ortho intramolecular Hbond substituents is 1. The maximum Gasteiger partial charge on any atom is 0.297 e. The predicted octanol–water partition coefficient (Wildman–Crippen LogP) is 2.68. The number of hydrogen-bond acceptors (Lipinski definition) is 12. The van der Waals surface area contributed by atoms with E-state index in [1.807, 2.05) is 0 Å². The highest BCUT2D eigenvalue weighted by Crippen LogP contribution is 2.45. The number of nitrogens with two attached hydrogens (primary N) is 1. The molecule has 0 saturated carbocycles. The van der Waals surface area contributed by atoms with Crippen LogP contribution in [0.1, 0.15) is 0 Å². The fourth-order valence-corrected chi connectivity index (χ4v) is 6.96. The second-order valence-electron chi connectivity index (χ2n) is 8.02. The molecule has 0 bridgehead atoms. The summed E-state index contributed by atoms with van der Waals surface area (Å²) in [6, 6.07) is 7.38. The zero-order chi connectivity index (χ0) is 30.0. The van der Waals surface area contributed by atoms with Gasteiger partial charge in [0.2, 0.25) is 0 Å². The van der Waals surface area contributed by atoms with E-state index in [0.717, 1.165) is 42.5 Å². The van der Waals surface area contributed by atoms with Crippen molar-refractivity contribution in [3.05, 3.63) is 48.5 Å². The normalized spacial score (nSPS) is 13.4. The molecule has 0 atom stereocenters. The first kappa shape index (κ1) is 29.2. The van der Waals surface area contributed by atoms with Crippen LogP contribution in [-0.4, -0.2) is 57.0 Å². The molecule has 0 spiro atoms. The highest BCUT2D eigenvalue weighted by atomic mass is 32.2. The van der Waals surface area contributed by atoms with Crippen LogP contribution >= 0.6 is 0 Å². The largest absolute Gasteiger partial charge is 0.505 e. The number of hydrogen-bond donors (Lipinski definition) is 6. The van der Waals surface area contributed by atoms with Crippen LogP contribution < -0.4 is 5.73 Å². The molecule has 4 rings (SSSR count). The molecule has 0 aliphatic carbocycles. The Kier molecular flexibility index (Phi) is 6.88. The van der Waals surface area contributed by atoms with Crippen LogP contribution in [0.25, 0.3) is 21.5 Å². The fraction of sp³-hybridized carbons (Fsp3) is 0. The third kappa shape index (κ3) is 5.21. The molecule has 0 saturated heterocycles. The van der Waals surface area contributed by atoms with Gasteiger partial charge in [-0.1, -0.05) is 18.2 Å². The van der Waals surface area contributed by atoms with Crippen LogP contribution in [0.15, 0.2) is 78.3 Å². The number of anilines is 1. The summed E-state index contributed by atoms with van der Waals surface area (Å²) in [5.41, 5.74) is 3.32. The average molecular weight is 634 g/mol. The molecule has 0 heterocycles. The topological polar surface area (TPSA) is 288 Å². The Morgan fingerprint density at radius 1 is 0.575 bits per heavy atom. The van der Waals surface area contributed by atoms with E-state index in [2.05, 4.69) is 10.2 Å². The SMILES string of the molecule is Nc1ccc2c(O)c(N=Nc3ccc4c(S(=O)(=O)O)cccc4c3S(=O)(=O)O)c(S(=O)(=O)O)cc2c1S(=O)(=O)O. The molecule has 212 valence electrons. The maximum absolute atomic E-state index is 12.2. The highest BCUT2D eigenvalue weighted by Gasteiger charge is 2.28. The molecular weight excluding hydrogens is 618 g/mol. The van der Waals surface area contributed by atoms with Gasteiger partial charge < -0.3 is 10.8 Å². The number of fused-ring (bicyclic) bond motifs is 2. The van der Waals surface area contributed by atoms with Gasteiger partial charge in [-0.25, -0.2) is 0 Å². The molecule has 16 nitrogen and oxygen atoms in total. The minimum Gasteiger partial charge on any atom is -0.505 e. The van der Waals surface area contributed by atoms with Crippen molar-refractivity contribution in [2.24, 2.45) is 10.2 Å². The third-order valence-electron chi connectivity index (χ3n) is 5.50. The Balaban J connectivity index is 2.09. The van der Waals surface area contributed by atoms with Crippen LogP contribution in [0, 0.1) is 0 Å². The van der Waals surface area contributed by atoms with Crippen molar-refractivity contribution in [3.8, 4) is 5.75 Å². The van der Waals surface area contributed by atoms with E-state index < -0.39 is 99.0 Å². The molecular formula is C20H15N3O13S4. The van der Waals surface area contributed by atoms with Crippen molar-refractivity contribution in [1.82, 2.24) is 0 Å². The lowest BCUT2D eigenvalue weighted by Gasteiger charge is -2.13. The van der Waals surface area contributed by atoms with E-state index in [1.54, 1.807) is 0 Å². The molecule has 0 amide bonds. The Hall–Kier alpha value is -3.76. The number of nitrogen functional groups attached to an aromatic ring is 1. The Morgan fingerprint density at radius 3 is 1.70 bits per heavy atom. The predicted molar refractivity (Wildman–Crippen MR) is 137 cm³/mol. The summed E-state index contributed by atoms with van der Waals surface area (Å²) < 4.78 is 135. The minimum absolute atomic E-state index is 0.348. The van der Waals surface area contributed by atoms with Crippen molar-refractivity contribution in [2.75, 3.05) is 5.73 Å². The van der Waals surface area contributed by atoms with Crippen molar-refractivity contribution in [2.45, 2.75) is 19.6 Å². The van der Waals surface area contributed by atoms with E-state index in [0.29, 0.717) is 6.07 Å². The summed E-state index contributed by atoms with van der Waals surface area (Å²) in [7, 11) is -20.5. The van der Waals surface area contributed by atoms with Gasteiger partial charge in [-0.3, -0.25) is 18.2 Å². The summed E-state index contributed by atoms with van der Waals surface area (Å²) in [6.45, 7) is 0. The second kappa shape index (κ2) is 9.42. The summed E-state index contributed by atoms with van der Waals surface area (Å²) >= 11 is 0. The van der Waals surface area contributed by atoms with Crippen molar-refractivity contribution in [1.29, 1.82) is 0 Å². The maximum atomic E-state index is 12.2. The molecule has 0 fully saturated rings. The van der Waals surface area contributed by atoms with Gasteiger partial charge in [0.1, 0.15) is 31.0 Å². The van der Waals surface area contributed by atoms with Gasteiger partial charge in [0.15, 0.2) is 5.75 Å². The number of phenols is 1. The third-order valence-corrected chi connectivity index (χ3v) is 9.19. The number of aromatic hydroxyl groups is 1. The Labute approximate surface area is 225 Å². The summed E-state index contributed by atoms with van der Waals surface area (Å²) in [5.74, 6) is -1.10. The zero-order valence-corrected chi connectivity index (χ0v) is 22.5. The van der Waals surface area contributed by atoms with Gasteiger partial charge in [-0.2, -0.15) is 33.7 Å². The fourth-order valence-electron chi connectivity index (χ4n) is 3.96. The molecule has 0 aromatic heterocycles. The highest BCUT2D eigenvalue weighted by molar-refractivity contribution is 7.87. The molecule has 0 aliphatic rings. The first-order chi connectivity index (χ1) is 18.2. The number of benzene rings is 4. The Morgan fingerprint density at radius 2 is 1.15 bits per heavy atom. The average Bonchev–Trinajstić information content (AvgIpc) is 2.79. The first-order valence-corrected chi connectivity index (χ1v) is 15.9. The van der Waals surface area contributed by atoms with Gasteiger partial charge in [0.05, 0.1) is 5.69 Å². The monoisotopic (exact) mass is 633 g/mol. The smallest absolute Gasteiger partial charge is 0.297 e. The second-order valence-corrected chi connectivity index (χ2v) is 13.5. The van der Waals surface area contributed by atoms with Crippen LogP contribution in [0.5, 0.6) is 5.75 Å². The van der Waals surface area contributed by atoms with Crippen LogP contribution in [-0.2, 0) is 40.5 Å². The van der Waals surface area contributed by atoms with E-state index in [-0.39, 0.29) is 5.39 Å². The number of nitrogens with zero attached hydrogens (tertiary/aromatic N) is 2. The van der Waals surface area contributed by atoms with E-state index in [4.69, 9.17) is 5.73 Å². The molecule has 40 heavy (non-hydrogen) atoms. The molecule has 20 heteroatoms. The first-order valence-electron chi connectivity index (χ1n) is 10.2. The molecule has 4 aromatic rings. The van der Waals surface area contributed by atoms with Gasteiger partial charge >= 0.3 is 0 Å². The van der Waals surface area contributed by atoms with Gasteiger partial charge in [-0.15, -0.1) is 10.2 Å². The van der Waals surface area contributed by atoms with Crippen molar-refractivity contribution >= 4 is 79.1 Å². The lowest BCUT2D eigenvalue weighted by molar-refractivity contribution is 0.471. The molecule has 0 aliphatic heterocycles. The number of rotatable bonds is 6. The van der Waals surface area contributed by atoms with Gasteiger partial charge in [0.25, 0.3) is 40.5 Å². The summed E-state index contributed by atoms with van der Waals surface area (Å²) in [4.78, 5) is -3.96. The quantitative estimate of drug-likeness (QED) is 0.101. The van der Waals surface area contributed by atoms with E-state index in [9.17, 15) is 57.0 Å². The standard InChI is InChI=1S/C20H15N3O13S4/c21-13-6-4-10-12(19(13)39(31,32)33)8-16(38(28,29)30)17(18(10)24)23-22-14-7-5-9-11(20(14)40(34,35)36)2-1-3-15(9)37(25,26)27/h1-8,24H,21H2,(H,25,26,27)(H,28,29,30)(H,31,32,33)(H,34,35,36). The van der Waals surface area contributed by atoms with Crippen LogP contribution in [0.2, 0.25) is 0 Å². The minimum atomic E-state index is -5.32. The van der Waals surface area contributed by atoms with Crippen LogP contribution in [0.3, 0.4) is 0 Å². The van der Waals surface area contributed by atoms with E-state index >= 15 is 0 Å². The van der Waals surface area contributed by atoms with Gasteiger partial charge in [-0.05, 0) is 30.3 Å². The van der Waals surface area contributed by atoms with Crippen molar-refractivity contribution < 1.29 is 57.0 Å². The number of azo groups is 1. The molecule has 7 N–H and O–H groups in total. The molecule has 0 unspecified atom stereocenters. The van der Waals surface area contributed by atoms with E-state index in [1.165, 1.54) is 0 Å². The van der Waals surface area contributed by atoms with Crippen molar-refractivity contribution in [3.63, 3.8) is 0 Å². The molecule has 4 aromatic carbocycles. The Bertz CT molecular complexity index is 2230. The summed E-state index contributed by atoms with van der Waals surface area (Å²) in [6.07, 6.45) is 0. The van der Waals surface area contributed by atoms with Gasteiger partial charge in [0, 0.05) is 21.5 Å². The van der Waals surface area contributed by atoms with Crippen LogP contribution in [0.4, 0.5) is 17.1 Å². The lowest BCUT2D eigenvalue weighted by atomic mass is 10.1. The molecule has 0 radical (unpaired) electrons. The summed E-state index contributed by atoms with van der Waals surface area (Å²) in [5, 5.41) is 16.0.